The fourth-order valence-corrected chi connectivity index (χ4v) is 1.27. The zero-order chi connectivity index (χ0) is 13.0. The molecule has 1 rings (SSSR count). The minimum atomic E-state index is -0.630. The van der Waals surface area contributed by atoms with Gasteiger partial charge in [0, 0.05) is 6.07 Å². The topological polar surface area (TPSA) is 88.4 Å². The summed E-state index contributed by atoms with van der Waals surface area (Å²) in [4.78, 5) is 26.9. The predicted octanol–water partition coefficient (Wildman–Crippen LogP) is 1.14. The molecule has 0 aromatic carbocycles. The molecule has 0 bridgehead atoms. The molecule has 0 radical (unpaired) electrons. The average molecular weight is 259 g/mol. The number of pyridine rings is 1. The summed E-state index contributed by atoms with van der Waals surface area (Å²) in [6.45, 7) is 0.103. The Balaban J connectivity index is 2.92. The summed E-state index contributed by atoms with van der Waals surface area (Å²) in [6, 6.07) is 2.49. The molecule has 1 aromatic rings. The number of amides is 1. The van der Waals surface area contributed by atoms with Crippen LogP contribution in [0.15, 0.2) is 12.1 Å². The SMILES string of the molecule is CN(C)CC(=O)Nc1nc(Cl)ccc1[N+](=O)[O-]. The molecule has 0 unspecified atom stereocenters. The molecule has 0 aliphatic carbocycles. The van der Waals surface area contributed by atoms with Crippen LogP contribution >= 0.6 is 11.6 Å². The maximum absolute atomic E-state index is 11.5. The first-order chi connectivity index (χ1) is 7.90. The first kappa shape index (κ1) is 13.3. The number of halogens is 1. The normalized spacial score (nSPS) is 10.4. The predicted molar refractivity (Wildman–Crippen MR) is 63.1 cm³/mol. The van der Waals surface area contributed by atoms with Crippen molar-refractivity contribution >= 4 is 29.0 Å². The van der Waals surface area contributed by atoms with Gasteiger partial charge in [0.1, 0.15) is 5.15 Å². The number of likely N-dealkylation sites (N-methyl/N-ethyl adjacent to an activating group) is 1. The molecule has 0 aliphatic rings. The van der Waals surface area contributed by atoms with E-state index in [-0.39, 0.29) is 23.2 Å². The van der Waals surface area contributed by atoms with E-state index in [1.54, 1.807) is 19.0 Å². The smallest absolute Gasteiger partial charge is 0.304 e. The molecule has 7 nitrogen and oxygen atoms in total. The Labute approximate surface area is 103 Å². The number of carbonyl (C=O) groups is 1. The van der Waals surface area contributed by atoms with E-state index in [2.05, 4.69) is 10.3 Å². The van der Waals surface area contributed by atoms with Crippen molar-refractivity contribution in [3.8, 4) is 0 Å². The second-order valence-corrected chi connectivity index (χ2v) is 3.93. The molecule has 1 amide bonds. The van der Waals surface area contributed by atoms with E-state index in [1.807, 2.05) is 0 Å². The average Bonchev–Trinajstić information content (AvgIpc) is 2.15. The van der Waals surface area contributed by atoms with Gasteiger partial charge < -0.3 is 10.2 Å². The van der Waals surface area contributed by atoms with E-state index in [9.17, 15) is 14.9 Å². The van der Waals surface area contributed by atoms with Crippen molar-refractivity contribution < 1.29 is 9.72 Å². The van der Waals surface area contributed by atoms with Crippen LogP contribution in [0.2, 0.25) is 5.15 Å². The van der Waals surface area contributed by atoms with E-state index < -0.39 is 10.8 Å². The maximum Gasteiger partial charge on any atom is 0.311 e. The summed E-state index contributed by atoms with van der Waals surface area (Å²) >= 11 is 5.62. The van der Waals surface area contributed by atoms with Gasteiger partial charge in [-0.25, -0.2) is 4.98 Å². The summed E-state index contributed by atoms with van der Waals surface area (Å²) in [5, 5.41) is 13.1. The van der Waals surface area contributed by atoms with Gasteiger partial charge in [-0.2, -0.15) is 0 Å². The second-order valence-electron chi connectivity index (χ2n) is 3.54. The van der Waals surface area contributed by atoms with E-state index in [0.717, 1.165) is 0 Å². The first-order valence-corrected chi connectivity index (χ1v) is 5.03. The molecule has 0 spiro atoms. The van der Waals surface area contributed by atoms with Crippen LogP contribution in [-0.2, 0) is 4.79 Å². The Kier molecular flexibility index (Phi) is 4.36. The second kappa shape index (κ2) is 5.55. The first-order valence-electron chi connectivity index (χ1n) is 4.65. The van der Waals surface area contributed by atoms with Crippen molar-refractivity contribution in [1.29, 1.82) is 0 Å². The quantitative estimate of drug-likeness (QED) is 0.497. The van der Waals surface area contributed by atoms with E-state index in [0.29, 0.717) is 0 Å². The lowest BCUT2D eigenvalue weighted by molar-refractivity contribution is -0.384. The van der Waals surface area contributed by atoms with Crippen LogP contribution in [0.25, 0.3) is 0 Å². The molecule has 17 heavy (non-hydrogen) atoms. The number of nitrogens with zero attached hydrogens (tertiary/aromatic N) is 3. The molecule has 92 valence electrons. The van der Waals surface area contributed by atoms with Crippen LogP contribution in [0.5, 0.6) is 0 Å². The van der Waals surface area contributed by atoms with Crippen LogP contribution in [-0.4, -0.2) is 41.4 Å². The zero-order valence-electron chi connectivity index (χ0n) is 9.31. The Morgan fingerprint density at radius 3 is 2.76 bits per heavy atom. The third-order valence-corrected chi connectivity index (χ3v) is 1.96. The van der Waals surface area contributed by atoms with Crippen molar-refractivity contribution in [3.63, 3.8) is 0 Å². The summed E-state index contributed by atoms with van der Waals surface area (Å²) in [7, 11) is 3.42. The molecule has 0 atom stereocenters. The maximum atomic E-state index is 11.5. The molecule has 1 N–H and O–H groups in total. The van der Waals surface area contributed by atoms with Gasteiger partial charge in [0.15, 0.2) is 0 Å². The third kappa shape index (κ3) is 3.97. The Morgan fingerprint density at radius 1 is 1.59 bits per heavy atom. The van der Waals surface area contributed by atoms with Crippen molar-refractivity contribution in [2.24, 2.45) is 0 Å². The van der Waals surface area contributed by atoms with Gasteiger partial charge in [0.2, 0.25) is 11.7 Å². The van der Waals surface area contributed by atoms with Crippen molar-refractivity contribution in [2.45, 2.75) is 0 Å². The largest absolute Gasteiger partial charge is 0.311 e. The molecule has 0 aliphatic heterocycles. The molecule has 0 saturated carbocycles. The summed E-state index contributed by atoms with van der Waals surface area (Å²) < 4.78 is 0. The lowest BCUT2D eigenvalue weighted by Gasteiger charge is -2.09. The number of hydrogen-bond donors (Lipinski definition) is 1. The van der Waals surface area contributed by atoms with E-state index in [1.165, 1.54) is 12.1 Å². The summed E-state index contributed by atoms with van der Waals surface area (Å²) in [5.74, 6) is -0.540. The number of anilines is 1. The van der Waals surface area contributed by atoms with Crippen molar-refractivity contribution in [2.75, 3.05) is 26.0 Å². The number of hydrogen-bond acceptors (Lipinski definition) is 5. The van der Waals surface area contributed by atoms with Gasteiger partial charge in [-0.3, -0.25) is 14.9 Å². The summed E-state index contributed by atoms with van der Waals surface area (Å²) in [6.07, 6.45) is 0. The van der Waals surface area contributed by atoms with Gasteiger partial charge in [0.05, 0.1) is 11.5 Å². The molecule has 1 aromatic heterocycles. The monoisotopic (exact) mass is 258 g/mol. The van der Waals surface area contributed by atoms with E-state index >= 15 is 0 Å². The van der Waals surface area contributed by atoms with Crippen LogP contribution in [0.1, 0.15) is 0 Å². The Hall–Kier alpha value is -1.73. The van der Waals surface area contributed by atoms with Crippen molar-refractivity contribution in [3.05, 3.63) is 27.4 Å². The Bertz CT molecular complexity index is 450. The highest BCUT2D eigenvalue weighted by Gasteiger charge is 2.17. The molecular weight excluding hydrogens is 248 g/mol. The van der Waals surface area contributed by atoms with Crippen LogP contribution in [0.3, 0.4) is 0 Å². The molecule has 8 heteroatoms. The minimum Gasteiger partial charge on any atom is -0.304 e. The number of aromatic nitrogens is 1. The van der Waals surface area contributed by atoms with Gasteiger partial charge in [-0.1, -0.05) is 11.6 Å². The third-order valence-electron chi connectivity index (χ3n) is 1.75. The summed E-state index contributed by atoms with van der Waals surface area (Å²) in [5.41, 5.74) is -0.290. The lowest BCUT2D eigenvalue weighted by Crippen LogP contribution is -2.27. The van der Waals surface area contributed by atoms with Crippen LogP contribution in [0, 0.1) is 10.1 Å². The van der Waals surface area contributed by atoms with Gasteiger partial charge in [0.25, 0.3) is 0 Å². The molecular formula is C9H11ClN4O3. The minimum absolute atomic E-state index is 0.0794. The fourth-order valence-electron chi connectivity index (χ4n) is 1.13. The highest BCUT2D eigenvalue weighted by molar-refractivity contribution is 6.29. The fraction of sp³-hybridized carbons (Fsp3) is 0.333. The standard InChI is InChI=1S/C9H11ClN4O3/c1-13(2)5-8(15)12-9-6(14(16)17)3-4-7(10)11-9/h3-4H,5H2,1-2H3,(H,11,12,15). The van der Waals surface area contributed by atoms with Gasteiger partial charge >= 0.3 is 5.69 Å². The van der Waals surface area contributed by atoms with Gasteiger partial charge in [-0.05, 0) is 20.2 Å². The van der Waals surface area contributed by atoms with Gasteiger partial charge in [-0.15, -0.1) is 0 Å². The van der Waals surface area contributed by atoms with Crippen LogP contribution < -0.4 is 5.32 Å². The highest BCUT2D eigenvalue weighted by Crippen LogP contribution is 2.23. The highest BCUT2D eigenvalue weighted by atomic mass is 35.5. The Morgan fingerprint density at radius 2 is 2.24 bits per heavy atom. The number of carbonyl (C=O) groups excluding carboxylic acids is 1. The number of rotatable bonds is 4. The zero-order valence-corrected chi connectivity index (χ0v) is 10.1. The van der Waals surface area contributed by atoms with E-state index in [4.69, 9.17) is 11.6 Å². The lowest BCUT2D eigenvalue weighted by atomic mass is 10.4. The molecule has 0 fully saturated rings. The number of nitro groups is 1. The van der Waals surface area contributed by atoms with Crippen LogP contribution in [0.4, 0.5) is 11.5 Å². The molecule has 1 heterocycles. The van der Waals surface area contributed by atoms with Crippen molar-refractivity contribution in [1.82, 2.24) is 9.88 Å². The molecule has 0 saturated heterocycles. The number of nitrogens with one attached hydrogen (secondary N) is 1.